The van der Waals surface area contributed by atoms with Gasteiger partial charge in [-0.05, 0) is 31.2 Å². The highest BCUT2D eigenvalue weighted by Gasteiger charge is 2.13. The Morgan fingerprint density at radius 3 is 2.84 bits per heavy atom. The SMILES string of the molecule is CCn1c(Cn2ccnc2-c2cccc(O)c2)nc2cc(F)ccc21. The minimum atomic E-state index is -0.289. The maximum atomic E-state index is 13.5. The first-order valence-electron chi connectivity index (χ1n) is 8.11. The first kappa shape index (κ1) is 15.4. The van der Waals surface area contributed by atoms with Gasteiger partial charge in [0.05, 0.1) is 17.6 Å². The van der Waals surface area contributed by atoms with Crippen LogP contribution in [0.25, 0.3) is 22.4 Å². The van der Waals surface area contributed by atoms with Crippen LogP contribution in [0.15, 0.2) is 54.9 Å². The van der Waals surface area contributed by atoms with Crippen molar-refractivity contribution in [3.05, 3.63) is 66.5 Å². The minimum Gasteiger partial charge on any atom is -0.508 e. The normalized spacial score (nSPS) is 11.3. The molecule has 1 N–H and O–H groups in total. The molecule has 0 spiro atoms. The first-order chi connectivity index (χ1) is 12.2. The smallest absolute Gasteiger partial charge is 0.140 e. The molecule has 5 nitrogen and oxygen atoms in total. The molecule has 0 atom stereocenters. The summed E-state index contributed by atoms with van der Waals surface area (Å²) in [6, 6.07) is 11.7. The van der Waals surface area contributed by atoms with E-state index in [2.05, 4.69) is 14.5 Å². The van der Waals surface area contributed by atoms with E-state index in [1.54, 1.807) is 30.5 Å². The molecule has 0 radical (unpaired) electrons. The van der Waals surface area contributed by atoms with Gasteiger partial charge in [-0.3, -0.25) is 0 Å². The molecular weight excluding hydrogens is 319 g/mol. The number of aromatic nitrogens is 4. The standard InChI is InChI=1S/C19H17FN4O/c1-2-24-17-7-6-14(20)11-16(17)22-18(24)12-23-9-8-21-19(23)13-4-3-5-15(25)10-13/h3-11,25H,2,12H2,1H3. The van der Waals surface area contributed by atoms with E-state index in [9.17, 15) is 9.50 Å². The van der Waals surface area contributed by atoms with Crippen LogP contribution < -0.4 is 0 Å². The predicted molar refractivity (Wildman–Crippen MR) is 93.8 cm³/mol. The summed E-state index contributed by atoms with van der Waals surface area (Å²) in [4.78, 5) is 9.00. The number of hydrogen-bond donors (Lipinski definition) is 1. The summed E-state index contributed by atoms with van der Waals surface area (Å²) in [6.07, 6.45) is 3.59. The second-order valence-corrected chi connectivity index (χ2v) is 5.83. The van der Waals surface area contributed by atoms with Crippen molar-refractivity contribution < 1.29 is 9.50 Å². The van der Waals surface area contributed by atoms with E-state index < -0.39 is 0 Å². The van der Waals surface area contributed by atoms with Crippen molar-refractivity contribution in [1.29, 1.82) is 0 Å². The van der Waals surface area contributed by atoms with Gasteiger partial charge in [0.25, 0.3) is 0 Å². The summed E-state index contributed by atoms with van der Waals surface area (Å²) >= 11 is 0. The van der Waals surface area contributed by atoms with Crippen LogP contribution in [0.4, 0.5) is 4.39 Å². The van der Waals surface area contributed by atoms with Crippen LogP contribution in [-0.4, -0.2) is 24.2 Å². The second kappa shape index (κ2) is 6.05. The second-order valence-electron chi connectivity index (χ2n) is 5.83. The largest absolute Gasteiger partial charge is 0.508 e. The number of hydrogen-bond acceptors (Lipinski definition) is 3. The van der Waals surface area contributed by atoms with E-state index in [1.165, 1.54) is 12.1 Å². The average molecular weight is 336 g/mol. The molecule has 4 aromatic rings. The lowest BCUT2D eigenvalue weighted by Gasteiger charge is -2.10. The average Bonchev–Trinajstić information content (AvgIpc) is 3.18. The van der Waals surface area contributed by atoms with E-state index >= 15 is 0 Å². The van der Waals surface area contributed by atoms with Gasteiger partial charge < -0.3 is 14.2 Å². The zero-order valence-electron chi connectivity index (χ0n) is 13.7. The molecule has 4 rings (SSSR count). The fourth-order valence-corrected chi connectivity index (χ4v) is 3.12. The summed E-state index contributed by atoms with van der Waals surface area (Å²) < 4.78 is 17.5. The van der Waals surface area contributed by atoms with Gasteiger partial charge in [-0.2, -0.15) is 0 Å². The van der Waals surface area contributed by atoms with Crippen molar-refractivity contribution in [2.45, 2.75) is 20.0 Å². The number of aryl methyl sites for hydroxylation is 1. The molecule has 0 aliphatic carbocycles. The Morgan fingerprint density at radius 2 is 2.04 bits per heavy atom. The van der Waals surface area contributed by atoms with Crippen LogP contribution in [0.5, 0.6) is 5.75 Å². The molecule has 2 aromatic heterocycles. The number of rotatable bonds is 4. The third-order valence-electron chi connectivity index (χ3n) is 4.24. The molecule has 25 heavy (non-hydrogen) atoms. The van der Waals surface area contributed by atoms with Crippen LogP contribution in [0.1, 0.15) is 12.7 Å². The summed E-state index contributed by atoms with van der Waals surface area (Å²) in [7, 11) is 0. The molecule has 0 saturated carbocycles. The molecule has 0 fully saturated rings. The van der Waals surface area contributed by atoms with E-state index in [0.29, 0.717) is 12.1 Å². The van der Waals surface area contributed by atoms with Crippen molar-refractivity contribution in [1.82, 2.24) is 19.1 Å². The number of nitrogens with zero attached hydrogens (tertiary/aromatic N) is 4. The predicted octanol–water partition coefficient (Wildman–Crippen LogP) is 3.81. The summed E-state index contributed by atoms with van der Waals surface area (Å²) in [5.74, 6) is 1.49. The van der Waals surface area contributed by atoms with E-state index in [-0.39, 0.29) is 11.6 Å². The number of aromatic hydroxyl groups is 1. The van der Waals surface area contributed by atoms with Gasteiger partial charge >= 0.3 is 0 Å². The topological polar surface area (TPSA) is 55.9 Å². The monoisotopic (exact) mass is 336 g/mol. The third-order valence-corrected chi connectivity index (χ3v) is 4.24. The molecule has 126 valence electrons. The Bertz CT molecular complexity index is 1050. The molecule has 6 heteroatoms. The lowest BCUT2D eigenvalue weighted by atomic mass is 10.2. The number of halogens is 1. The Labute approximate surface area is 144 Å². The van der Waals surface area contributed by atoms with Gasteiger partial charge in [-0.1, -0.05) is 12.1 Å². The Balaban J connectivity index is 1.77. The third kappa shape index (κ3) is 2.76. The van der Waals surface area contributed by atoms with Crippen LogP contribution in [0.3, 0.4) is 0 Å². The lowest BCUT2D eigenvalue weighted by molar-refractivity contribution is 0.475. The van der Waals surface area contributed by atoms with Gasteiger partial charge in [-0.15, -0.1) is 0 Å². The maximum absolute atomic E-state index is 13.5. The molecular formula is C19H17FN4O. The van der Waals surface area contributed by atoms with Crippen LogP contribution >= 0.6 is 0 Å². The molecule has 0 bridgehead atoms. The summed E-state index contributed by atoms with van der Waals surface area (Å²) in [6.45, 7) is 3.29. The molecule has 0 aliphatic heterocycles. The van der Waals surface area contributed by atoms with Gasteiger partial charge in [0, 0.05) is 30.6 Å². The number of phenols is 1. The summed E-state index contributed by atoms with van der Waals surface area (Å²) in [5.41, 5.74) is 2.39. The zero-order valence-corrected chi connectivity index (χ0v) is 13.7. The van der Waals surface area contributed by atoms with Crippen LogP contribution in [0.2, 0.25) is 0 Å². The fraction of sp³-hybridized carbons (Fsp3) is 0.158. The lowest BCUT2D eigenvalue weighted by Crippen LogP contribution is -2.08. The van der Waals surface area contributed by atoms with E-state index in [4.69, 9.17) is 0 Å². The molecule has 0 aliphatic rings. The molecule has 0 saturated heterocycles. The van der Waals surface area contributed by atoms with Crippen molar-refractivity contribution in [2.75, 3.05) is 0 Å². The number of imidazole rings is 2. The molecule has 2 heterocycles. The van der Waals surface area contributed by atoms with Gasteiger partial charge in [0.1, 0.15) is 23.2 Å². The number of fused-ring (bicyclic) bond motifs is 1. The van der Waals surface area contributed by atoms with Crippen LogP contribution in [0, 0.1) is 5.82 Å². The number of benzene rings is 2. The first-order valence-corrected chi connectivity index (χ1v) is 8.11. The van der Waals surface area contributed by atoms with Gasteiger partial charge in [0.15, 0.2) is 0 Å². The van der Waals surface area contributed by atoms with Crippen molar-refractivity contribution in [3.8, 4) is 17.1 Å². The van der Waals surface area contributed by atoms with E-state index in [0.717, 1.165) is 29.3 Å². The molecule has 0 amide bonds. The highest BCUT2D eigenvalue weighted by molar-refractivity contribution is 5.76. The quantitative estimate of drug-likeness (QED) is 0.616. The highest BCUT2D eigenvalue weighted by atomic mass is 19.1. The number of phenolic OH excluding ortho intramolecular Hbond substituents is 1. The maximum Gasteiger partial charge on any atom is 0.140 e. The Hall–Kier alpha value is -3.15. The van der Waals surface area contributed by atoms with Gasteiger partial charge in [-0.25, -0.2) is 14.4 Å². The van der Waals surface area contributed by atoms with Crippen molar-refractivity contribution in [2.24, 2.45) is 0 Å². The molecule has 0 unspecified atom stereocenters. The van der Waals surface area contributed by atoms with Crippen molar-refractivity contribution >= 4 is 11.0 Å². The Morgan fingerprint density at radius 1 is 1.16 bits per heavy atom. The summed E-state index contributed by atoms with van der Waals surface area (Å²) in [5, 5.41) is 9.71. The minimum absolute atomic E-state index is 0.198. The zero-order chi connectivity index (χ0) is 17.4. The molecule has 2 aromatic carbocycles. The van der Waals surface area contributed by atoms with E-state index in [1.807, 2.05) is 23.8 Å². The van der Waals surface area contributed by atoms with Crippen LogP contribution in [-0.2, 0) is 13.1 Å². The fourth-order valence-electron chi connectivity index (χ4n) is 3.12. The highest BCUT2D eigenvalue weighted by Crippen LogP contribution is 2.24. The van der Waals surface area contributed by atoms with Gasteiger partial charge in [0.2, 0.25) is 0 Å². The Kier molecular flexibility index (Phi) is 3.72. The van der Waals surface area contributed by atoms with Crippen molar-refractivity contribution in [3.63, 3.8) is 0 Å².